The lowest BCUT2D eigenvalue weighted by atomic mass is 9.91. The van der Waals surface area contributed by atoms with Crippen molar-refractivity contribution in [1.29, 1.82) is 0 Å². The molecule has 2 unspecified atom stereocenters. The predicted octanol–water partition coefficient (Wildman–Crippen LogP) is 1.92. The van der Waals surface area contributed by atoms with E-state index < -0.39 is 10.3 Å². The van der Waals surface area contributed by atoms with E-state index in [2.05, 4.69) is 5.32 Å². The van der Waals surface area contributed by atoms with Crippen LogP contribution in [-0.4, -0.2) is 32.6 Å². The highest BCUT2D eigenvalue weighted by Gasteiger charge is 2.53. The van der Waals surface area contributed by atoms with Gasteiger partial charge in [0.1, 0.15) is 4.75 Å². The van der Waals surface area contributed by atoms with Crippen LogP contribution in [-0.2, 0) is 4.79 Å². The lowest BCUT2D eigenvalue weighted by Gasteiger charge is -2.32. The molecule has 1 heterocycles. The average Bonchev–Trinajstić information content (AvgIpc) is 2.94. The standard InChI is InChI=1S/C14H22N2O2S/c1-13(2,18)14(3)11(17)16-12(19-14)15-10-7-8-4-5-9(10)6-8/h8-10,18H,4-7H2,1-3H3,(H,15,16,17)/t8-,9?,10+,14?/m1/s1. The van der Waals surface area contributed by atoms with Crippen LogP contribution in [0.5, 0.6) is 0 Å². The molecular weight excluding hydrogens is 260 g/mol. The molecule has 4 atom stereocenters. The fourth-order valence-electron chi connectivity index (χ4n) is 3.46. The molecule has 2 aliphatic carbocycles. The number of hydrogen-bond acceptors (Lipinski definition) is 4. The van der Waals surface area contributed by atoms with Gasteiger partial charge in [0.25, 0.3) is 0 Å². The van der Waals surface area contributed by atoms with Crippen molar-refractivity contribution in [1.82, 2.24) is 5.32 Å². The molecule has 0 spiro atoms. The molecule has 106 valence electrons. The van der Waals surface area contributed by atoms with E-state index in [-0.39, 0.29) is 5.91 Å². The van der Waals surface area contributed by atoms with Crippen molar-refractivity contribution in [3.63, 3.8) is 0 Å². The maximum Gasteiger partial charge on any atom is 0.245 e. The smallest absolute Gasteiger partial charge is 0.245 e. The van der Waals surface area contributed by atoms with E-state index in [1.165, 1.54) is 37.4 Å². The van der Waals surface area contributed by atoms with Crippen molar-refractivity contribution in [3.05, 3.63) is 0 Å². The zero-order chi connectivity index (χ0) is 13.8. The van der Waals surface area contributed by atoms with Crippen molar-refractivity contribution in [2.75, 3.05) is 0 Å². The summed E-state index contributed by atoms with van der Waals surface area (Å²) in [6, 6.07) is 0.380. The maximum absolute atomic E-state index is 12.1. The summed E-state index contributed by atoms with van der Waals surface area (Å²) in [4.78, 5) is 16.9. The topological polar surface area (TPSA) is 61.7 Å². The van der Waals surface area contributed by atoms with Crippen molar-refractivity contribution >= 4 is 22.8 Å². The molecule has 0 aromatic carbocycles. The number of nitrogens with zero attached hydrogens (tertiary/aromatic N) is 1. The molecule has 1 aliphatic heterocycles. The molecule has 0 aromatic heterocycles. The minimum atomic E-state index is -1.06. The van der Waals surface area contributed by atoms with Gasteiger partial charge in [-0.3, -0.25) is 9.79 Å². The summed E-state index contributed by atoms with van der Waals surface area (Å²) in [6.07, 6.45) is 5.12. The van der Waals surface area contributed by atoms with Crippen LogP contribution in [0, 0.1) is 11.8 Å². The zero-order valence-electron chi connectivity index (χ0n) is 11.8. The van der Waals surface area contributed by atoms with Crippen LogP contribution >= 0.6 is 11.8 Å². The van der Waals surface area contributed by atoms with Gasteiger partial charge in [-0.1, -0.05) is 18.2 Å². The van der Waals surface area contributed by atoms with Gasteiger partial charge < -0.3 is 10.4 Å². The molecule has 5 heteroatoms. The van der Waals surface area contributed by atoms with Gasteiger partial charge in [0.15, 0.2) is 5.17 Å². The Balaban J connectivity index is 1.76. The molecule has 1 saturated heterocycles. The number of amides is 1. The van der Waals surface area contributed by atoms with E-state index in [0.29, 0.717) is 17.1 Å². The average molecular weight is 282 g/mol. The summed E-state index contributed by atoms with van der Waals surface area (Å²) in [5, 5.41) is 13.7. The molecular formula is C14H22N2O2S. The van der Waals surface area contributed by atoms with Gasteiger partial charge >= 0.3 is 0 Å². The molecule has 4 nitrogen and oxygen atoms in total. The molecule has 3 rings (SSSR count). The summed E-state index contributed by atoms with van der Waals surface area (Å²) in [6.45, 7) is 5.15. The van der Waals surface area contributed by atoms with Crippen LogP contribution in [0.15, 0.2) is 4.99 Å². The highest BCUT2D eigenvalue weighted by Crippen LogP contribution is 2.47. The Morgan fingerprint density at radius 3 is 2.63 bits per heavy atom. The minimum absolute atomic E-state index is 0.132. The van der Waals surface area contributed by atoms with Crippen LogP contribution < -0.4 is 5.32 Å². The quantitative estimate of drug-likeness (QED) is 0.813. The number of hydrogen-bond donors (Lipinski definition) is 2. The first kappa shape index (κ1) is 13.4. The van der Waals surface area contributed by atoms with Crippen LogP contribution in [0.2, 0.25) is 0 Å². The van der Waals surface area contributed by atoms with Gasteiger partial charge in [0, 0.05) is 0 Å². The first-order valence-corrected chi connectivity index (χ1v) is 7.92. The second kappa shape index (κ2) is 4.22. The van der Waals surface area contributed by atoms with E-state index >= 15 is 0 Å². The van der Waals surface area contributed by atoms with Crippen LogP contribution in [0.25, 0.3) is 0 Å². The van der Waals surface area contributed by atoms with Crippen LogP contribution in [0.1, 0.15) is 46.5 Å². The second-order valence-electron chi connectivity index (χ2n) is 6.82. The van der Waals surface area contributed by atoms with Gasteiger partial charge in [0.05, 0.1) is 11.6 Å². The summed E-state index contributed by atoms with van der Waals surface area (Å²) in [7, 11) is 0. The molecule has 2 saturated carbocycles. The third-order valence-electron chi connectivity index (χ3n) is 5.11. The molecule has 0 aromatic rings. The Morgan fingerprint density at radius 1 is 1.42 bits per heavy atom. The number of aliphatic imine (C=N–C) groups is 1. The van der Waals surface area contributed by atoms with Gasteiger partial charge in [-0.25, -0.2) is 0 Å². The molecule has 1 amide bonds. The van der Waals surface area contributed by atoms with Crippen LogP contribution in [0.3, 0.4) is 0 Å². The third kappa shape index (κ3) is 2.11. The maximum atomic E-state index is 12.1. The highest BCUT2D eigenvalue weighted by molar-refractivity contribution is 8.16. The van der Waals surface area contributed by atoms with Gasteiger partial charge in [-0.2, -0.15) is 0 Å². The second-order valence-corrected chi connectivity index (χ2v) is 8.23. The Bertz CT molecular complexity index is 443. The van der Waals surface area contributed by atoms with Gasteiger partial charge in [-0.15, -0.1) is 0 Å². The number of nitrogens with one attached hydrogen (secondary N) is 1. The van der Waals surface area contributed by atoms with Gasteiger partial charge in [0.2, 0.25) is 5.91 Å². The number of rotatable bonds is 2. The summed E-state index contributed by atoms with van der Waals surface area (Å²) < 4.78 is -0.844. The zero-order valence-corrected chi connectivity index (χ0v) is 12.6. The summed E-state index contributed by atoms with van der Waals surface area (Å²) in [5.74, 6) is 1.43. The lowest BCUT2D eigenvalue weighted by Crippen LogP contribution is -2.50. The summed E-state index contributed by atoms with van der Waals surface area (Å²) in [5.41, 5.74) is -1.06. The lowest BCUT2D eigenvalue weighted by molar-refractivity contribution is -0.126. The SMILES string of the molecule is CC(C)(O)C1(C)SC(=N[C@H]2C[C@@H]3CCC2C3)NC1=O. The Labute approximate surface area is 118 Å². The molecule has 2 bridgehead atoms. The van der Waals surface area contributed by atoms with Crippen molar-refractivity contribution < 1.29 is 9.90 Å². The van der Waals surface area contributed by atoms with E-state index in [1.54, 1.807) is 20.8 Å². The fourth-order valence-corrected chi connectivity index (χ4v) is 4.57. The Hall–Kier alpha value is -0.550. The van der Waals surface area contributed by atoms with Crippen LogP contribution in [0.4, 0.5) is 0 Å². The number of aliphatic hydroxyl groups is 1. The van der Waals surface area contributed by atoms with Crippen molar-refractivity contribution in [2.45, 2.75) is 62.8 Å². The molecule has 3 fully saturated rings. The number of carbonyl (C=O) groups excluding carboxylic acids is 1. The Morgan fingerprint density at radius 2 is 2.16 bits per heavy atom. The van der Waals surface area contributed by atoms with Gasteiger partial charge in [-0.05, 0) is 51.9 Å². The largest absolute Gasteiger partial charge is 0.388 e. The van der Waals surface area contributed by atoms with Crippen molar-refractivity contribution in [3.8, 4) is 0 Å². The molecule has 3 aliphatic rings. The van der Waals surface area contributed by atoms with E-state index in [9.17, 15) is 9.90 Å². The minimum Gasteiger partial charge on any atom is -0.388 e. The Kier molecular flexibility index (Phi) is 2.98. The number of carbonyl (C=O) groups is 1. The monoisotopic (exact) mass is 282 g/mol. The molecule has 0 radical (unpaired) electrons. The highest BCUT2D eigenvalue weighted by atomic mass is 32.2. The number of fused-ring (bicyclic) bond motifs is 2. The van der Waals surface area contributed by atoms with E-state index in [1.807, 2.05) is 0 Å². The molecule has 2 N–H and O–H groups in total. The number of amidine groups is 1. The molecule has 19 heavy (non-hydrogen) atoms. The summed E-state index contributed by atoms with van der Waals surface area (Å²) >= 11 is 1.38. The van der Waals surface area contributed by atoms with E-state index in [0.717, 1.165) is 5.92 Å². The third-order valence-corrected chi connectivity index (χ3v) is 6.60. The first-order valence-electron chi connectivity index (χ1n) is 7.10. The normalized spacial score (nSPS) is 44.1. The van der Waals surface area contributed by atoms with E-state index in [4.69, 9.17) is 4.99 Å². The van der Waals surface area contributed by atoms with Crippen molar-refractivity contribution in [2.24, 2.45) is 16.8 Å². The number of thioether (sulfide) groups is 1. The first-order chi connectivity index (χ1) is 8.79. The fraction of sp³-hybridized carbons (Fsp3) is 0.857. The predicted molar refractivity (Wildman–Crippen MR) is 77.1 cm³/mol.